The zero-order chi connectivity index (χ0) is 16.5. The molecule has 0 saturated heterocycles. The molecule has 1 aromatic carbocycles. The molecule has 5 heteroatoms. The van der Waals surface area contributed by atoms with E-state index in [1.165, 1.54) is 4.90 Å². The Morgan fingerprint density at radius 2 is 1.82 bits per heavy atom. The van der Waals surface area contributed by atoms with E-state index in [1.54, 1.807) is 6.92 Å². The number of carboxylic acid groups (broad SMARTS) is 1. The lowest BCUT2D eigenvalue weighted by atomic mass is 10.1. The van der Waals surface area contributed by atoms with Crippen molar-refractivity contribution in [1.82, 2.24) is 4.90 Å². The molecule has 1 N–H and O–H groups in total. The van der Waals surface area contributed by atoms with Crippen molar-refractivity contribution in [2.45, 2.75) is 39.8 Å². The molecule has 1 unspecified atom stereocenters. The molecule has 0 aliphatic carbocycles. The number of carbonyl (C=O) groups is 2. The van der Waals surface area contributed by atoms with Gasteiger partial charge in [0, 0.05) is 13.2 Å². The van der Waals surface area contributed by atoms with Gasteiger partial charge in [-0.15, -0.1) is 0 Å². The third-order valence-corrected chi connectivity index (χ3v) is 3.26. The topological polar surface area (TPSA) is 66.8 Å². The van der Waals surface area contributed by atoms with Gasteiger partial charge in [0.05, 0.1) is 0 Å². The van der Waals surface area contributed by atoms with Gasteiger partial charge in [0.2, 0.25) is 0 Å². The standard InChI is InChI=1S/C17H25NO4/c1-13(2)9-10-22-14(3)17(21)18(12-16(19)20)11-15-7-5-4-6-8-15/h4-8,13-14H,9-12H2,1-3H3,(H,19,20). The number of hydrogen-bond donors (Lipinski definition) is 1. The smallest absolute Gasteiger partial charge is 0.323 e. The first-order valence-electron chi connectivity index (χ1n) is 7.56. The van der Waals surface area contributed by atoms with Crippen LogP contribution in [0.3, 0.4) is 0 Å². The molecule has 1 atom stereocenters. The molecule has 22 heavy (non-hydrogen) atoms. The number of hydrogen-bond acceptors (Lipinski definition) is 3. The summed E-state index contributed by atoms with van der Waals surface area (Å²) in [5.41, 5.74) is 0.895. The fraction of sp³-hybridized carbons (Fsp3) is 0.529. The third kappa shape index (κ3) is 6.72. The number of nitrogens with zero attached hydrogens (tertiary/aromatic N) is 1. The fourth-order valence-corrected chi connectivity index (χ4v) is 1.99. The van der Waals surface area contributed by atoms with E-state index in [0.29, 0.717) is 12.5 Å². The molecule has 122 valence electrons. The highest BCUT2D eigenvalue weighted by molar-refractivity contribution is 5.84. The summed E-state index contributed by atoms with van der Waals surface area (Å²) in [6.07, 6.45) is 0.233. The van der Waals surface area contributed by atoms with Crippen molar-refractivity contribution in [3.63, 3.8) is 0 Å². The van der Waals surface area contributed by atoms with Crippen LogP contribution in [0.1, 0.15) is 32.8 Å². The van der Waals surface area contributed by atoms with E-state index in [1.807, 2.05) is 30.3 Å². The normalized spacial score (nSPS) is 12.2. The van der Waals surface area contributed by atoms with Crippen molar-refractivity contribution in [1.29, 1.82) is 0 Å². The van der Waals surface area contributed by atoms with E-state index in [0.717, 1.165) is 12.0 Å². The van der Waals surface area contributed by atoms with Crippen molar-refractivity contribution in [2.24, 2.45) is 5.92 Å². The van der Waals surface area contributed by atoms with E-state index < -0.39 is 12.1 Å². The van der Waals surface area contributed by atoms with Gasteiger partial charge in [-0.25, -0.2) is 0 Å². The molecule has 1 amide bonds. The average molecular weight is 307 g/mol. The molecule has 0 heterocycles. The maximum absolute atomic E-state index is 12.4. The summed E-state index contributed by atoms with van der Waals surface area (Å²) in [6.45, 7) is 6.28. The maximum Gasteiger partial charge on any atom is 0.323 e. The summed E-state index contributed by atoms with van der Waals surface area (Å²) >= 11 is 0. The summed E-state index contributed by atoms with van der Waals surface area (Å²) in [5, 5.41) is 9.01. The van der Waals surface area contributed by atoms with Gasteiger partial charge in [-0.2, -0.15) is 0 Å². The molecule has 5 nitrogen and oxygen atoms in total. The highest BCUT2D eigenvalue weighted by Crippen LogP contribution is 2.09. The van der Waals surface area contributed by atoms with Crippen molar-refractivity contribution in [3.05, 3.63) is 35.9 Å². The molecule has 0 aliphatic rings. The van der Waals surface area contributed by atoms with E-state index in [9.17, 15) is 9.59 Å². The number of benzene rings is 1. The van der Waals surface area contributed by atoms with Crippen LogP contribution in [0.15, 0.2) is 30.3 Å². The van der Waals surface area contributed by atoms with Crippen molar-refractivity contribution in [2.75, 3.05) is 13.2 Å². The van der Waals surface area contributed by atoms with Crippen LogP contribution in [0.2, 0.25) is 0 Å². The molecular formula is C17H25NO4. The van der Waals surface area contributed by atoms with Gasteiger partial charge in [0.15, 0.2) is 0 Å². The van der Waals surface area contributed by atoms with E-state index >= 15 is 0 Å². The molecule has 0 aromatic heterocycles. The van der Waals surface area contributed by atoms with Crippen LogP contribution in [0.5, 0.6) is 0 Å². The van der Waals surface area contributed by atoms with Crippen molar-refractivity contribution >= 4 is 11.9 Å². The average Bonchev–Trinajstić information content (AvgIpc) is 2.46. The van der Waals surface area contributed by atoms with E-state index in [-0.39, 0.29) is 19.0 Å². The van der Waals surface area contributed by atoms with Gasteiger partial charge < -0.3 is 14.7 Å². The SMILES string of the molecule is CC(C)CCOC(C)C(=O)N(CC(=O)O)Cc1ccccc1. The van der Waals surface area contributed by atoms with E-state index in [4.69, 9.17) is 9.84 Å². The quantitative estimate of drug-likeness (QED) is 0.761. The Labute approximate surface area is 131 Å². The molecule has 1 rings (SSSR count). The van der Waals surface area contributed by atoms with Gasteiger partial charge in [0.1, 0.15) is 12.6 Å². The minimum absolute atomic E-state index is 0.268. The highest BCUT2D eigenvalue weighted by atomic mass is 16.5. The first kappa shape index (κ1) is 18.2. The van der Waals surface area contributed by atoms with Gasteiger partial charge >= 0.3 is 5.97 Å². The van der Waals surface area contributed by atoms with Gasteiger partial charge in [-0.05, 0) is 24.8 Å². The van der Waals surface area contributed by atoms with Crippen molar-refractivity contribution in [3.8, 4) is 0 Å². The molecule has 0 bridgehead atoms. The van der Waals surface area contributed by atoms with E-state index in [2.05, 4.69) is 13.8 Å². The molecule has 1 aromatic rings. The lowest BCUT2D eigenvalue weighted by molar-refractivity contribution is -0.150. The molecular weight excluding hydrogens is 282 g/mol. The van der Waals surface area contributed by atoms with Crippen LogP contribution in [-0.4, -0.2) is 41.1 Å². The number of rotatable bonds is 9. The minimum Gasteiger partial charge on any atom is -0.480 e. The van der Waals surface area contributed by atoms with Crippen molar-refractivity contribution < 1.29 is 19.4 Å². The summed E-state index contributed by atoms with van der Waals surface area (Å²) in [6, 6.07) is 9.34. The lowest BCUT2D eigenvalue weighted by Gasteiger charge is -2.24. The van der Waals surface area contributed by atoms with Gasteiger partial charge in [0.25, 0.3) is 5.91 Å². The Kier molecular flexibility index (Phi) is 7.60. The first-order chi connectivity index (χ1) is 10.4. The second-order valence-corrected chi connectivity index (χ2v) is 5.77. The molecule has 0 spiro atoms. The molecule has 0 radical (unpaired) electrons. The van der Waals surface area contributed by atoms with Crippen LogP contribution in [0.4, 0.5) is 0 Å². The Bertz CT molecular complexity index is 473. The molecule has 0 fully saturated rings. The Hall–Kier alpha value is -1.88. The van der Waals surface area contributed by atoms with Crippen LogP contribution in [0.25, 0.3) is 0 Å². The largest absolute Gasteiger partial charge is 0.480 e. The van der Waals surface area contributed by atoms with Crippen LogP contribution >= 0.6 is 0 Å². The second kappa shape index (κ2) is 9.20. The Morgan fingerprint density at radius 3 is 2.36 bits per heavy atom. The number of carbonyl (C=O) groups excluding carboxylic acids is 1. The fourth-order valence-electron chi connectivity index (χ4n) is 1.99. The molecule has 0 aliphatic heterocycles. The zero-order valence-electron chi connectivity index (χ0n) is 13.5. The highest BCUT2D eigenvalue weighted by Gasteiger charge is 2.23. The second-order valence-electron chi connectivity index (χ2n) is 5.77. The monoisotopic (exact) mass is 307 g/mol. The van der Waals surface area contributed by atoms with Crippen LogP contribution < -0.4 is 0 Å². The molecule has 0 saturated carbocycles. The van der Waals surface area contributed by atoms with Gasteiger partial charge in [-0.3, -0.25) is 9.59 Å². The number of amides is 1. The zero-order valence-corrected chi connectivity index (χ0v) is 13.5. The summed E-state index contributed by atoms with van der Waals surface area (Å²) in [5.74, 6) is -0.824. The summed E-state index contributed by atoms with van der Waals surface area (Å²) in [7, 11) is 0. The van der Waals surface area contributed by atoms with Gasteiger partial charge in [-0.1, -0.05) is 44.2 Å². The number of carboxylic acids is 1. The predicted molar refractivity (Wildman–Crippen MR) is 84.4 cm³/mol. The predicted octanol–water partition coefficient (Wildman–Crippen LogP) is 2.55. The van der Waals surface area contributed by atoms with Crippen LogP contribution in [0, 0.1) is 5.92 Å². The minimum atomic E-state index is -1.03. The summed E-state index contributed by atoms with van der Waals surface area (Å²) < 4.78 is 5.53. The first-order valence-corrected chi connectivity index (χ1v) is 7.56. The lowest BCUT2D eigenvalue weighted by Crippen LogP contribution is -2.41. The Balaban J connectivity index is 2.65. The summed E-state index contributed by atoms with van der Waals surface area (Å²) in [4.78, 5) is 24.7. The van der Waals surface area contributed by atoms with Crippen LogP contribution in [-0.2, 0) is 20.9 Å². The number of aliphatic carboxylic acids is 1. The number of ether oxygens (including phenoxy) is 1. The Morgan fingerprint density at radius 1 is 1.18 bits per heavy atom. The third-order valence-electron chi connectivity index (χ3n) is 3.26. The maximum atomic E-state index is 12.4.